The van der Waals surface area contributed by atoms with Crippen molar-refractivity contribution in [2.24, 2.45) is 0 Å². The van der Waals surface area contributed by atoms with Crippen molar-refractivity contribution in [2.75, 3.05) is 38.1 Å². The van der Waals surface area contributed by atoms with Gasteiger partial charge in [-0.3, -0.25) is 0 Å². The molecule has 4 nitrogen and oxygen atoms in total. The maximum atomic E-state index is 13.6. The Bertz CT molecular complexity index is 1010. The zero-order valence-corrected chi connectivity index (χ0v) is 15.2. The van der Waals surface area contributed by atoms with E-state index in [4.69, 9.17) is 0 Å². The number of anilines is 1. The van der Waals surface area contributed by atoms with E-state index in [1.165, 1.54) is 12.4 Å². The van der Waals surface area contributed by atoms with E-state index in [2.05, 4.69) is 26.8 Å². The molecule has 0 unspecified atom stereocenters. The average molecular weight is 390 g/mol. The van der Waals surface area contributed by atoms with Gasteiger partial charge in [0, 0.05) is 31.6 Å². The van der Waals surface area contributed by atoms with Gasteiger partial charge in [0.05, 0.1) is 11.1 Å². The highest BCUT2D eigenvalue weighted by Crippen LogP contribution is 2.35. The van der Waals surface area contributed by atoms with Crippen LogP contribution in [0.2, 0.25) is 0 Å². The summed E-state index contributed by atoms with van der Waals surface area (Å²) in [6, 6.07) is 8.27. The molecule has 1 aromatic heterocycles. The van der Waals surface area contributed by atoms with Crippen LogP contribution in [0.1, 0.15) is 5.56 Å². The summed E-state index contributed by atoms with van der Waals surface area (Å²) >= 11 is 0. The number of hydrogen-bond acceptors (Lipinski definition) is 4. The number of benzene rings is 2. The second-order valence-corrected chi connectivity index (χ2v) is 6.91. The second kappa shape index (κ2) is 7.01. The summed E-state index contributed by atoms with van der Waals surface area (Å²) in [6.07, 6.45) is -3.25. The molecular weight excluding hydrogens is 372 g/mol. The smallest absolute Gasteiger partial charge is 0.353 e. The number of halogens is 4. The first-order valence-corrected chi connectivity index (χ1v) is 8.88. The first-order chi connectivity index (χ1) is 13.3. The third-order valence-electron chi connectivity index (χ3n) is 5.02. The van der Waals surface area contributed by atoms with Gasteiger partial charge >= 0.3 is 6.18 Å². The molecule has 0 saturated carbocycles. The topological polar surface area (TPSA) is 32.3 Å². The fraction of sp³-hybridized carbons (Fsp3) is 0.300. The summed E-state index contributed by atoms with van der Waals surface area (Å²) in [4.78, 5) is 13.1. The van der Waals surface area contributed by atoms with Crippen LogP contribution in [0.5, 0.6) is 0 Å². The summed E-state index contributed by atoms with van der Waals surface area (Å²) in [5.41, 5.74) is 0.298. The van der Waals surface area contributed by atoms with Gasteiger partial charge in [-0.2, -0.15) is 13.2 Å². The summed E-state index contributed by atoms with van der Waals surface area (Å²) in [6.45, 7) is 3.42. The highest BCUT2D eigenvalue weighted by molar-refractivity contribution is 5.93. The standard InChI is InChI=1S/C20H18F4N4/c1-27-6-8-28(9-7-27)19-15-10-13(3-5-18(15)25-12-26-19)14-2-4-17(21)16(11-14)20(22,23)24/h2-5,10-12H,6-9H2,1H3. The molecule has 8 heteroatoms. The Kier molecular flexibility index (Phi) is 4.66. The van der Waals surface area contributed by atoms with E-state index in [1.54, 1.807) is 18.2 Å². The van der Waals surface area contributed by atoms with Crippen molar-refractivity contribution in [3.05, 3.63) is 54.1 Å². The van der Waals surface area contributed by atoms with Gasteiger partial charge < -0.3 is 9.80 Å². The molecule has 4 rings (SSSR count). The molecule has 0 atom stereocenters. The van der Waals surface area contributed by atoms with Gasteiger partial charge in [-0.15, -0.1) is 0 Å². The van der Waals surface area contributed by atoms with Crippen LogP contribution in [0.4, 0.5) is 23.4 Å². The minimum absolute atomic E-state index is 0.295. The van der Waals surface area contributed by atoms with Gasteiger partial charge in [-0.05, 0) is 42.4 Å². The number of alkyl halides is 3. The van der Waals surface area contributed by atoms with Crippen molar-refractivity contribution < 1.29 is 17.6 Å². The van der Waals surface area contributed by atoms with Gasteiger partial charge in [0.25, 0.3) is 0 Å². The van der Waals surface area contributed by atoms with Crippen LogP contribution in [-0.2, 0) is 6.18 Å². The Morgan fingerprint density at radius 1 is 0.893 bits per heavy atom. The maximum Gasteiger partial charge on any atom is 0.419 e. The van der Waals surface area contributed by atoms with Crippen molar-refractivity contribution in [1.82, 2.24) is 14.9 Å². The van der Waals surface area contributed by atoms with Crippen molar-refractivity contribution in [2.45, 2.75) is 6.18 Å². The fourth-order valence-electron chi connectivity index (χ4n) is 3.41. The maximum absolute atomic E-state index is 13.6. The molecular formula is C20H18F4N4. The predicted molar refractivity (Wildman–Crippen MR) is 99.6 cm³/mol. The van der Waals surface area contributed by atoms with Crippen LogP contribution in [-0.4, -0.2) is 48.1 Å². The molecule has 0 bridgehead atoms. The second-order valence-electron chi connectivity index (χ2n) is 6.91. The lowest BCUT2D eigenvalue weighted by Crippen LogP contribution is -2.44. The summed E-state index contributed by atoms with van der Waals surface area (Å²) in [5.74, 6) is -0.517. The van der Waals surface area contributed by atoms with Gasteiger partial charge in [0.15, 0.2) is 0 Å². The number of nitrogens with zero attached hydrogens (tertiary/aromatic N) is 4. The van der Waals surface area contributed by atoms with E-state index >= 15 is 0 Å². The van der Waals surface area contributed by atoms with Crippen molar-refractivity contribution >= 4 is 16.7 Å². The van der Waals surface area contributed by atoms with Gasteiger partial charge in [0.1, 0.15) is 18.0 Å². The zero-order valence-electron chi connectivity index (χ0n) is 15.2. The Morgan fingerprint density at radius 2 is 1.57 bits per heavy atom. The fourth-order valence-corrected chi connectivity index (χ4v) is 3.41. The summed E-state index contributed by atoms with van der Waals surface area (Å²) in [7, 11) is 2.06. The van der Waals surface area contributed by atoms with Crippen molar-refractivity contribution in [1.29, 1.82) is 0 Å². The van der Waals surface area contributed by atoms with Gasteiger partial charge in [-0.1, -0.05) is 12.1 Å². The molecule has 2 aromatic carbocycles. The molecule has 1 saturated heterocycles. The van der Waals surface area contributed by atoms with Crippen LogP contribution in [0.25, 0.3) is 22.0 Å². The van der Waals surface area contributed by atoms with E-state index in [1.807, 2.05) is 0 Å². The third kappa shape index (κ3) is 3.52. The summed E-state index contributed by atoms with van der Waals surface area (Å²) < 4.78 is 52.8. The molecule has 1 aliphatic heterocycles. The number of aromatic nitrogens is 2. The quantitative estimate of drug-likeness (QED) is 0.614. The molecule has 0 aliphatic carbocycles. The Balaban J connectivity index is 1.79. The van der Waals surface area contributed by atoms with Crippen LogP contribution >= 0.6 is 0 Å². The molecule has 146 valence electrons. The third-order valence-corrected chi connectivity index (χ3v) is 5.02. The first kappa shape index (κ1) is 18.6. The Morgan fingerprint density at radius 3 is 2.29 bits per heavy atom. The molecule has 0 spiro atoms. The lowest BCUT2D eigenvalue weighted by Gasteiger charge is -2.33. The molecule has 0 amide bonds. The molecule has 0 N–H and O–H groups in total. The number of hydrogen-bond donors (Lipinski definition) is 0. The normalized spacial score (nSPS) is 16.0. The summed E-state index contributed by atoms with van der Waals surface area (Å²) in [5, 5.41) is 0.766. The Labute approximate surface area is 159 Å². The van der Waals surface area contributed by atoms with Crippen molar-refractivity contribution in [3.8, 4) is 11.1 Å². The largest absolute Gasteiger partial charge is 0.419 e. The number of fused-ring (bicyclic) bond motifs is 1. The van der Waals surface area contributed by atoms with Gasteiger partial charge in [0.2, 0.25) is 0 Å². The van der Waals surface area contributed by atoms with E-state index < -0.39 is 17.6 Å². The first-order valence-electron chi connectivity index (χ1n) is 8.88. The minimum Gasteiger partial charge on any atom is -0.353 e. The van der Waals surface area contributed by atoms with Crippen molar-refractivity contribution in [3.63, 3.8) is 0 Å². The van der Waals surface area contributed by atoms with Gasteiger partial charge in [-0.25, -0.2) is 14.4 Å². The molecule has 3 aromatic rings. The molecule has 2 heterocycles. The van der Waals surface area contributed by atoms with E-state index in [-0.39, 0.29) is 0 Å². The molecule has 1 aliphatic rings. The highest BCUT2D eigenvalue weighted by atomic mass is 19.4. The van der Waals surface area contributed by atoms with Crippen LogP contribution in [0.15, 0.2) is 42.7 Å². The Hall–Kier alpha value is -2.74. The molecule has 0 radical (unpaired) electrons. The average Bonchev–Trinajstić information content (AvgIpc) is 2.67. The molecule has 1 fully saturated rings. The van der Waals surface area contributed by atoms with E-state index in [0.717, 1.165) is 49.5 Å². The van der Waals surface area contributed by atoms with E-state index in [0.29, 0.717) is 16.6 Å². The minimum atomic E-state index is -4.74. The monoisotopic (exact) mass is 390 g/mol. The van der Waals surface area contributed by atoms with Crippen LogP contribution in [0, 0.1) is 5.82 Å². The lowest BCUT2D eigenvalue weighted by molar-refractivity contribution is -0.139. The van der Waals surface area contributed by atoms with Crippen LogP contribution in [0.3, 0.4) is 0 Å². The predicted octanol–water partition coefficient (Wildman–Crippen LogP) is 4.21. The SMILES string of the molecule is CN1CCN(c2ncnc3ccc(-c4ccc(F)c(C(F)(F)F)c4)cc23)CC1. The highest BCUT2D eigenvalue weighted by Gasteiger charge is 2.34. The van der Waals surface area contributed by atoms with Crippen LogP contribution < -0.4 is 4.90 Å². The number of rotatable bonds is 2. The number of piperazine rings is 1. The van der Waals surface area contributed by atoms with E-state index in [9.17, 15) is 17.6 Å². The molecule has 28 heavy (non-hydrogen) atoms. The zero-order chi connectivity index (χ0) is 19.9. The lowest BCUT2D eigenvalue weighted by atomic mass is 10.0. The number of likely N-dealkylation sites (N-methyl/N-ethyl adjacent to an activating group) is 1.